The number of hydrogen-bond donors (Lipinski definition) is 2. The molecule has 5 nitrogen and oxygen atoms in total. The number of carbonyl (C=O) groups excluding carboxylic acids is 2. The molecule has 2 rings (SSSR count). The lowest BCUT2D eigenvalue weighted by Gasteiger charge is -2.15. The minimum absolute atomic E-state index is 0.0322. The molecule has 0 spiro atoms. The van der Waals surface area contributed by atoms with Crippen molar-refractivity contribution >= 4 is 33.4 Å². The number of nitrogens with one attached hydrogen (secondary N) is 2. The third kappa shape index (κ3) is 5.90. The molecule has 0 saturated heterocycles. The van der Waals surface area contributed by atoms with Crippen molar-refractivity contribution in [3.05, 3.63) is 58.1 Å². The highest BCUT2D eigenvalue weighted by molar-refractivity contribution is 9.10. The summed E-state index contributed by atoms with van der Waals surface area (Å²) in [6.45, 7) is 5.63. The van der Waals surface area contributed by atoms with E-state index < -0.39 is 0 Å². The van der Waals surface area contributed by atoms with Crippen molar-refractivity contribution in [3.63, 3.8) is 0 Å². The molecule has 0 saturated carbocycles. The Morgan fingerprint density at radius 2 is 1.92 bits per heavy atom. The van der Waals surface area contributed by atoms with Crippen LogP contribution >= 0.6 is 15.9 Å². The number of amides is 2. The highest BCUT2D eigenvalue weighted by Gasteiger charge is 2.14. The Hall–Kier alpha value is -2.34. The van der Waals surface area contributed by atoms with E-state index in [1.165, 1.54) is 6.92 Å². The lowest BCUT2D eigenvalue weighted by atomic mass is 10.1. The number of carbonyl (C=O) groups is 2. The van der Waals surface area contributed by atoms with Gasteiger partial charge in [0.2, 0.25) is 5.91 Å². The number of hydrogen-bond acceptors (Lipinski definition) is 3. The first-order valence-electron chi connectivity index (χ1n) is 7.96. The highest BCUT2D eigenvalue weighted by Crippen LogP contribution is 2.25. The summed E-state index contributed by atoms with van der Waals surface area (Å²) in [7, 11) is 0. The molecule has 2 N–H and O–H groups in total. The standard InChI is InChI=1S/C19H21BrN2O3/c1-12(2)25-18-10-15(20)7-8-17(18)19(24)21-11-14-5-4-6-16(9-14)22-13(3)23/h4-10,12H,11H2,1-3H3,(H,21,24)(H,22,23). The molecule has 0 heterocycles. The van der Waals surface area contributed by atoms with Gasteiger partial charge in [-0.2, -0.15) is 0 Å². The van der Waals surface area contributed by atoms with Gasteiger partial charge in [-0.1, -0.05) is 28.1 Å². The fourth-order valence-electron chi connectivity index (χ4n) is 2.28. The van der Waals surface area contributed by atoms with Crippen LogP contribution in [-0.4, -0.2) is 17.9 Å². The largest absolute Gasteiger partial charge is 0.490 e. The Morgan fingerprint density at radius 3 is 2.60 bits per heavy atom. The van der Waals surface area contributed by atoms with E-state index in [0.29, 0.717) is 23.5 Å². The Kier molecular flexibility index (Phi) is 6.58. The van der Waals surface area contributed by atoms with Gasteiger partial charge in [0.15, 0.2) is 0 Å². The maximum Gasteiger partial charge on any atom is 0.255 e. The van der Waals surface area contributed by atoms with Crippen molar-refractivity contribution in [2.45, 2.75) is 33.4 Å². The third-order valence-corrected chi connectivity index (χ3v) is 3.74. The van der Waals surface area contributed by atoms with E-state index in [4.69, 9.17) is 4.74 Å². The molecule has 0 bridgehead atoms. The van der Waals surface area contributed by atoms with Crippen LogP contribution in [0.4, 0.5) is 5.69 Å². The monoisotopic (exact) mass is 404 g/mol. The van der Waals surface area contributed by atoms with Crippen LogP contribution in [0, 0.1) is 0 Å². The molecule has 132 valence electrons. The van der Waals surface area contributed by atoms with E-state index in [2.05, 4.69) is 26.6 Å². The van der Waals surface area contributed by atoms with Gasteiger partial charge in [0, 0.05) is 23.6 Å². The summed E-state index contributed by atoms with van der Waals surface area (Å²) in [5.41, 5.74) is 2.07. The van der Waals surface area contributed by atoms with Gasteiger partial charge in [-0.15, -0.1) is 0 Å². The molecule has 0 aliphatic heterocycles. The summed E-state index contributed by atoms with van der Waals surface area (Å²) in [4.78, 5) is 23.6. The molecule has 0 aromatic heterocycles. The normalized spacial score (nSPS) is 10.4. The Morgan fingerprint density at radius 1 is 1.16 bits per heavy atom. The van der Waals surface area contributed by atoms with Gasteiger partial charge in [0.1, 0.15) is 5.75 Å². The summed E-state index contributed by atoms with van der Waals surface area (Å²) in [6, 6.07) is 12.7. The van der Waals surface area contributed by atoms with Crippen LogP contribution in [-0.2, 0) is 11.3 Å². The lowest BCUT2D eigenvalue weighted by molar-refractivity contribution is -0.114. The summed E-state index contributed by atoms with van der Waals surface area (Å²) in [5, 5.41) is 5.61. The second kappa shape index (κ2) is 8.67. The Bertz CT molecular complexity index is 775. The van der Waals surface area contributed by atoms with Crippen molar-refractivity contribution in [2.24, 2.45) is 0 Å². The molecule has 25 heavy (non-hydrogen) atoms. The first kappa shape index (κ1) is 19.0. The molecule has 6 heteroatoms. The molecule has 2 aromatic carbocycles. The molecule has 0 radical (unpaired) electrons. The fourth-order valence-corrected chi connectivity index (χ4v) is 2.62. The van der Waals surface area contributed by atoms with Gasteiger partial charge >= 0.3 is 0 Å². The number of halogens is 1. The molecular formula is C19H21BrN2O3. The van der Waals surface area contributed by atoms with Crippen molar-refractivity contribution in [1.82, 2.24) is 5.32 Å². The maximum atomic E-state index is 12.5. The zero-order chi connectivity index (χ0) is 18.4. The minimum atomic E-state index is -0.215. The van der Waals surface area contributed by atoms with Gasteiger partial charge in [-0.25, -0.2) is 0 Å². The van der Waals surface area contributed by atoms with E-state index >= 15 is 0 Å². The zero-order valence-electron chi connectivity index (χ0n) is 14.4. The van der Waals surface area contributed by atoms with Gasteiger partial charge in [-0.3, -0.25) is 9.59 Å². The van der Waals surface area contributed by atoms with Crippen LogP contribution in [0.5, 0.6) is 5.75 Å². The topological polar surface area (TPSA) is 67.4 Å². The molecular weight excluding hydrogens is 384 g/mol. The minimum Gasteiger partial charge on any atom is -0.490 e. The predicted molar refractivity (Wildman–Crippen MR) is 102 cm³/mol. The number of rotatable bonds is 6. The molecule has 0 atom stereocenters. The molecule has 0 aliphatic rings. The molecule has 0 aliphatic carbocycles. The second-order valence-electron chi connectivity index (χ2n) is 5.87. The van der Waals surface area contributed by atoms with Crippen LogP contribution in [0.2, 0.25) is 0 Å². The number of benzene rings is 2. The number of ether oxygens (including phenoxy) is 1. The van der Waals surface area contributed by atoms with Crippen LogP contribution < -0.4 is 15.4 Å². The van der Waals surface area contributed by atoms with E-state index in [9.17, 15) is 9.59 Å². The second-order valence-corrected chi connectivity index (χ2v) is 6.79. The van der Waals surface area contributed by atoms with Crippen molar-refractivity contribution in [1.29, 1.82) is 0 Å². The van der Waals surface area contributed by atoms with Gasteiger partial charge in [-0.05, 0) is 49.7 Å². The average molecular weight is 405 g/mol. The summed E-state index contributed by atoms with van der Waals surface area (Å²) < 4.78 is 6.57. The van der Waals surface area contributed by atoms with E-state index in [0.717, 1.165) is 10.0 Å². The van der Waals surface area contributed by atoms with Gasteiger partial charge in [0.25, 0.3) is 5.91 Å². The first-order chi connectivity index (χ1) is 11.8. The number of anilines is 1. The summed E-state index contributed by atoms with van der Waals surface area (Å²) in [6.07, 6.45) is -0.0322. The van der Waals surface area contributed by atoms with Crippen LogP contribution in [0.15, 0.2) is 46.9 Å². The van der Waals surface area contributed by atoms with Gasteiger partial charge < -0.3 is 15.4 Å². The van der Waals surface area contributed by atoms with Gasteiger partial charge in [0.05, 0.1) is 11.7 Å². The Balaban J connectivity index is 2.09. The molecule has 0 unspecified atom stereocenters. The SMILES string of the molecule is CC(=O)Nc1cccc(CNC(=O)c2ccc(Br)cc2OC(C)C)c1. The highest BCUT2D eigenvalue weighted by atomic mass is 79.9. The van der Waals surface area contributed by atoms with Crippen molar-refractivity contribution in [3.8, 4) is 5.75 Å². The fraction of sp³-hybridized carbons (Fsp3) is 0.263. The van der Waals surface area contributed by atoms with Crippen molar-refractivity contribution in [2.75, 3.05) is 5.32 Å². The van der Waals surface area contributed by atoms with Crippen molar-refractivity contribution < 1.29 is 14.3 Å². The van der Waals surface area contributed by atoms with E-state index in [1.54, 1.807) is 24.3 Å². The average Bonchev–Trinajstić information content (AvgIpc) is 2.52. The van der Waals surface area contributed by atoms with E-state index in [1.807, 2.05) is 32.0 Å². The van der Waals surface area contributed by atoms with E-state index in [-0.39, 0.29) is 17.9 Å². The Labute approximate surface area is 155 Å². The van der Waals surface area contributed by atoms with Crippen LogP contribution in [0.25, 0.3) is 0 Å². The molecule has 0 fully saturated rings. The predicted octanol–water partition coefficient (Wildman–Crippen LogP) is 4.12. The summed E-state index contributed by atoms with van der Waals surface area (Å²) >= 11 is 3.39. The smallest absolute Gasteiger partial charge is 0.255 e. The zero-order valence-corrected chi connectivity index (χ0v) is 16.0. The third-order valence-electron chi connectivity index (χ3n) is 3.25. The molecule has 2 aromatic rings. The molecule has 2 amide bonds. The maximum absolute atomic E-state index is 12.5. The van der Waals surface area contributed by atoms with Crippen LogP contribution in [0.1, 0.15) is 36.7 Å². The first-order valence-corrected chi connectivity index (χ1v) is 8.75. The lowest BCUT2D eigenvalue weighted by Crippen LogP contribution is -2.24. The van der Waals surface area contributed by atoms with Crippen LogP contribution in [0.3, 0.4) is 0 Å². The summed E-state index contributed by atoms with van der Waals surface area (Å²) in [5.74, 6) is 0.188. The quantitative estimate of drug-likeness (QED) is 0.760.